The number of aliphatic carboxylic acids is 1. The third-order valence-corrected chi connectivity index (χ3v) is 5.08. The van der Waals surface area contributed by atoms with Gasteiger partial charge in [0.1, 0.15) is 0 Å². The molecule has 2 aliphatic rings. The molecule has 2 fully saturated rings. The van der Waals surface area contributed by atoms with Gasteiger partial charge in [-0.3, -0.25) is 9.59 Å². The first kappa shape index (κ1) is 15.3. The predicted molar refractivity (Wildman–Crippen MR) is 77.2 cm³/mol. The average molecular weight is 281 g/mol. The van der Waals surface area contributed by atoms with Gasteiger partial charge in [-0.25, -0.2) is 0 Å². The molecule has 114 valence electrons. The summed E-state index contributed by atoms with van der Waals surface area (Å²) in [5.74, 6) is 0.0291. The molecule has 1 heterocycles. The minimum atomic E-state index is -0.711. The lowest BCUT2D eigenvalue weighted by molar-refractivity contribution is -0.150. The van der Waals surface area contributed by atoms with Crippen LogP contribution in [0, 0.1) is 22.7 Å². The summed E-state index contributed by atoms with van der Waals surface area (Å²) in [6.45, 7) is 9.24. The fourth-order valence-electron chi connectivity index (χ4n) is 4.33. The van der Waals surface area contributed by atoms with Gasteiger partial charge in [0.15, 0.2) is 0 Å². The van der Waals surface area contributed by atoms with Crippen LogP contribution < -0.4 is 0 Å². The monoisotopic (exact) mass is 281 g/mol. The Morgan fingerprint density at radius 2 is 2.05 bits per heavy atom. The van der Waals surface area contributed by atoms with E-state index in [-0.39, 0.29) is 11.8 Å². The largest absolute Gasteiger partial charge is 0.481 e. The highest BCUT2D eigenvalue weighted by molar-refractivity contribution is 5.84. The molecular formula is C16H27NO3. The molecule has 20 heavy (non-hydrogen) atoms. The summed E-state index contributed by atoms with van der Waals surface area (Å²) in [4.78, 5) is 26.2. The number of amides is 1. The summed E-state index contributed by atoms with van der Waals surface area (Å²) < 4.78 is 0. The Morgan fingerprint density at radius 3 is 2.55 bits per heavy atom. The maximum atomic E-state index is 12.7. The van der Waals surface area contributed by atoms with Crippen molar-refractivity contribution in [3.63, 3.8) is 0 Å². The molecule has 1 saturated heterocycles. The van der Waals surface area contributed by atoms with E-state index in [9.17, 15) is 14.7 Å². The molecule has 4 nitrogen and oxygen atoms in total. The van der Waals surface area contributed by atoms with E-state index < -0.39 is 16.8 Å². The van der Waals surface area contributed by atoms with Gasteiger partial charge in [0, 0.05) is 18.5 Å². The van der Waals surface area contributed by atoms with Crippen molar-refractivity contribution in [1.29, 1.82) is 0 Å². The molecule has 2 atom stereocenters. The highest BCUT2D eigenvalue weighted by Crippen LogP contribution is 2.49. The van der Waals surface area contributed by atoms with Gasteiger partial charge in [-0.2, -0.15) is 0 Å². The first-order chi connectivity index (χ1) is 9.19. The molecule has 0 spiro atoms. The van der Waals surface area contributed by atoms with Crippen molar-refractivity contribution in [2.45, 2.75) is 53.4 Å². The van der Waals surface area contributed by atoms with Gasteiger partial charge in [0.2, 0.25) is 5.91 Å². The van der Waals surface area contributed by atoms with E-state index in [0.717, 1.165) is 25.7 Å². The Balaban J connectivity index is 2.13. The van der Waals surface area contributed by atoms with Gasteiger partial charge < -0.3 is 10.0 Å². The van der Waals surface area contributed by atoms with Gasteiger partial charge in [-0.05, 0) is 31.1 Å². The molecule has 0 aromatic heterocycles. The molecule has 0 radical (unpaired) electrons. The minimum Gasteiger partial charge on any atom is -0.481 e. The second-order valence-corrected chi connectivity index (χ2v) is 7.72. The molecule has 1 saturated carbocycles. The predicted octanol–water partition coefficient (Wildman–Crippen LogP) is 2.77. The Hall–Kier alpha value is -1.06. The molecule has 0 bridgehead atoms. The Morgan fingerprint density at radius 1 is 1.40 bits per heavy atom. The lowest BCUT2D eigenvalue weighted by atomic mass is 9.81. The van der Waals surface area contributed by atoms with Crippen LogP contribution in [0.25, 0.3) is 0 Å². The van der Waals surface area contributed by atoms with Crippen molar-refractivity contribution >= 4 is 11.9 Å². The van der Waals surface area contributed by atoms with Crippen LogP contribution >= 0.6 is 0 Å². The quantitative estimate of drug-likeness (QED) is 0.862. The molecule has 0 unspecified atom stereocenters. The van der Waals surface area contributed by atoms with E-state index in [1.807, 2.05) is 18.7 Å². The van der Waals surface area contributed by atoms with E-state index in [1.165, 1.54) is 0 Å². The van der Waals surface area contributed by atoms with E-state index >= 15 is 0 Å². The number of carbonyl (C=O) groups is 2. The van der Waals surface area contributed by atoms with Crippen LogP contribution in [0.4, 0.5) is 0 Å². The molecule has 4 heteroatoms. The molecule has 0 aromatic carbocycles. The fourth-order valence-corrected chi connectivity index (χ4v) is 4.33. The highest BCUT2D eigenvalue weighted by Gasteiger charge is 2.56. The van der Waals surface area contributed by atoms with Crippen molar-refractivity contribution < 1.29 is 14.7 Å². The lowest BCUT2D eigenvalue weighted by Gasteiger charge is -2.31. The molecular weight excluding hydrogens is 254 g/mol. The number of fused-ring (bicyclic) bond motifs is 1. The van der Waals surface area contributed by atoms with Gasteiger partial charge in [-0.1, -0.05) is 34.1 Å². The van der Waals surface area contributed by atoms with Crippen LogP contribution in [-0.2, 0) is 9.59 Å². The highest BCUT2D eigenvalue weighted by atomic mass is 16.4. The zero-order chi connectivity index (χ0) is 15.1. The first-order valence-corrected chi connectivity index (χ1v) is 7.72. The molecule has 2 rings (SSSR count). The maximum absolute atomic E-state index is 12.7. The van der Waals surface area contributed by atoms with Gasteiger partial charge >= 0.3 is 5.97 Å². The zero-order valence-electron chi connectivity index (χ0n) is 13.1. The zero-order valence-corrected chi connectivity index (χ0v) is 13.1. The maximum Gasteiger partial charge on any atom is 0.311 e. The number of carboxylic acids is 1. The Kier molecular flexibility index (Phi) is 3.87. The number of carbonyl (C=O) groups excluding carboxylic acids is 1. The van der Waals surface area contributed by atoms with E-state index in [4.69, 9.17) is 0 Å². The van der Waals surface area contributed by atoms with Crippen molar-refractivity contribution in [3.05, 3.63) is 0 Å². The number of hydrogen-bond acceptors (Lipinski definition) is 2. The molecule has 1 amide bonds. The van der Waals surface area contributed by atoms with Crippen molar-refractivity contribution in [2.24, 2.45) is 22.7 Å². The first-order valence-electron chi connectivity index (χ1n) is 7.72. The van der Waals surface area contributed by atoms with Crippen LogP contribution in [0.5, 0.6) is 0 Å². The van der Waals surface area contributed by atoms with Gasteiger partial charge in [0.25, 0.3) is 0 Å². The van der Waals surface area contributed by atoms with Gasteiger partial charge in [0.05, 0.1) is 5.41 Å². The van der Waals surface area contributed by atoms with E-state index in [1.54, 1.807) is 0 Å². The number of hydrogen-bond donors (Lipinski definition) is 1. The summed E-state index contributed by atoms with van der Waals surface area (Å²) in [5, 5.41) is 9.58. The molecule has 0 aromatic rings. The summed E-state index contributed by atoms with van der Waals surface area (Å²) in [7, 11) is 0. The normalized spacial score (nSPS) is 29.9. The van der Waals surface area contributed by atoms with Crippen molar-refractivity contribution in [3.8, 4) is 0 Å². The lowest BCUT2D eigenvalue weighted by Crippen LogP contribution is -2.42. The third-order valence-electron chi connectivity index (χ3n) is 5.08. The van der Waals surface area contributed by atoms with E-state index in [2.05, 4.69) is 13.8 Å². The number of nitrogens with zero attached hydrogens (tertiary/aromatic N) is 1. The molecule has 1 aliphatic carbocycles. The van der Waals surface area contributed by atoms with Crippen LogP contribution in [0.2, 0.25) is 0 Å². The second kappa shape index (κ2) is 5.05. The van der Waals surface area contributed by atoms with E-state index in [0.29, 0.717) is 19.0 Å². The summed E-state index contributed by atoms with van der Waals surface area (Å²) in [6.07, 6.45) is 3.49. The minimum absolute atomic E-state index is 0.126. The number of rotatable bonds is 4. The standard InChI is InChI=1S/C16H27NO3/c1-11(2)8-15(3,4)13(18)17-9-12-6-5-7-16(12,10-17)14(19)20/h11-12H,5-10H2,1-4H3,(H,19,20)/t12-,16+/m0/s1. The van der Waals surface area contributed by atoms with Crippen LogP contribution in [0.1, 0.15) is 53.4 Å². The molecule has 1 aliphatic heterocycles. The smallest absolute Gasteiger partial charge is 0.311 e. The number of carboxylic acid groups (broad SMARTS) is 1. The van der Waals surface area contributed by atoms with Crippen LogP contribution in [-0.4, -0.2) is 35.0 Å². The Labute approximate surface area is 121 Å². The third kappa shape index (κ3) is 2.45. The molecule has 1 N–H and O–H groups in total. The SMILES string of the molecule is CC(C)CC(C)(C)C(=O)N1C[C@@H]2CCC[C@@]2(C(=O)O)C1. The summed E-state index contributed by atoms with van der Waals surface area (Å²) in [5.41, 5.74) is -1.06. The second-order valence-electron chi connectivity index (χ2n) is 7.72. The van der Waals surface area contributed by atoms with Crippen molar-refractivity contribution in [1.82, 2.24) is 4.90 Å². The average Bonchev–Trinajstić information content (AvgIpc) is 2.82. The fraction of sp³-hybridized carbons (Fsp3) is 0.875. The Bertz CT molecular complexity index is 416. The summed E-state index contributed by atoms with van der Waals surface area (Å²) >= 11 is 0. The van der Waals surface area contributed by atoms with Crippen LogP contribution in [0.15, 0.2) is 0 Å². The van der Waals surface area contributed by atoms with Crippen molar-refractivity contribution in [2.75, 3.05) is 13.1 Å². The topological polar surface area (TPSA) is 57.6 Å². The van der Waals surface area contributed by atoms with Crippen LogP contribution in [0.3, 0.4) is 0 Å². The van der Waals surface area contributed by atoms with Gasteiger partial charge in [-0.15, -0.1) is 0 Å². The number of likely N-dealkylation sites (tertiary alicyclic amines) is 1. The summed E-state index contributed by atoms with van der Waals surface area (Å²) in [6, 6.07) is 0.